The Balaban J connectivity index is 1.82. The molecule has 0 amide bonds. The molecule has 142 valence electrons. The number of hydrogen-bond donors (Lipinski definition) is 2. The number of aromatic nitrogens is 3. The Hall–Kier alpha value is -2.10. The highest BCUT2D eigenvalue weighted by Crippen LogP contribution is 2.41. The maximum absolute atomic E-state index is 10.0. The Kier molecular flexibility index (Phi) is 5.56. The Morgan fingerprint density at radius 1 is 1.21 bits per heavy atom. The molecule has 1 aliphatic heterocycles. The van der Waals surface area contributed by atoms with Gasteiger partial charge in [-0.2, -0.15) is 4.98 Å². The van der Waals surface area contributed by atoms with Crippen molar-refractivity contribution in [1.29, 1.82) is 0 Å². The van der Waals surface area contributed by atoms with E-state index in [1.54, 1.807) is 18.2 Å². The van der Waals surface area contributed by atoms with Crippen LogP contribution in [0.5, 0.6) is 11.6 Å². The van der Waals surface area contributed by atoms with Crippen molar-refractivity contribution in [3.05, 3.63) is 63.6 Å². The van der Waals surface area contributed by atoms with E-state index in [0.29, 0.717) is 31.4 Å². The molecule has 1 atom stereocenters. The Morgan fingerprint density at radius 2 is 1.96 bits per heavy atom. The fourth-order valence-corrected chi connectivity index (χ4v) is 4.46. The predicted octanol–water partition coefficient (Wildman–Crippen LogP) is 5.55. The number of thioether (sulfide) groups is 1. The Morgan fingerprint density at radius 3 is 2.71 bits per heavy atom. The van der Waals surface area contributed by atoms with Crippen molar-refractivity contribution in [2.45, 2.75) is 11.4 Å². The number of phenolic OH excluding ortho intramolecular Hbond substituents is 1. The zero-order chi connectivity index (χ0) is 19.7. The van der Waals surface area contributed by atoms with Gasteiger partial charge in [0.2, 0.25) is 11.0 Å². The lowest BCUT2D eigenvalue weighted by molar-refractivity contribution is 0.225. The first-order valence-electron chi connectivity index (χ1n) is 8.25. The molecule has 2 N–H and O–H groups in total. The molecule has 4 rings (SSSR count). The summed E-state index contributed by atoms with van der Waals surface area (Å²) in [7, 11) is 0. The first-order chi connectivity index (χ1) is 13.6. The van der Waals surface area contributed by atoms with Crippen LogP contribution in [-0.2, 0) is 0 Å². The molecule has 2 heterocycles. The fraction of sp³-hybridized carbons (Fsp3) is 0.105. The number of ether oxygens (including phenoxy) is 1. The van der Waals surface area contributed by atoms with Crippen molar-refractivity contribution in [1.82, 2.24) is 15.2 Å². The Bertz CT molecular complexity index is 1040. The van der Waals surface area contributed by atoms with Crippen LogP contribution < -0.4 is 10.1 Å². The number of para-hydroxylation sites is 1. The van der Waals surface area contributed by atoms with Gasteiger partial charge in [-0.15, -0.1) is 16.8 Å². The zero-order valence-corrected chi connectivity index (χ0v) is 18.4. The maximum atomic E-state index is 10.0. The minimum absolute atomic E-state index is 0.130. The van der Waals surface area contributed by atoms with Gasteiger partial charge in [0, 0.05) is 22.6 Å². The van der Waals surface area contributed by atoms with Crippen LogP contribution in [0.2, 0.25) is 0 Å². The number of aromatic hydroxyl groups is 1. The molecule has 0 aliphatic carbocycles. The third-order valence-electron chi connectivity index (χ3n) is 4.01. The van der Waals surface area contributed by atoms with E-state index in [0.717, 1.165) is 16.8 Å². The molecule has 3 aromatic rings. The first-order valence-corrected chi connectivity index (χ1v) is 10.8. The van der Waals surface area contributed by atoms with E-state index in [1.165, 1.54) is 11.8 Å². The van der Waals surface area contributed by atoms with Crippen molar-refractivity contribution >= 4 is 49.3 Å². The standard InChI is InChI=1S/C19H14Br2N4O2S/c1-2-7-28-19-23-18-15(24-25-19)11-5-3-4-6-14(11)22-17(27-18)10-8-12(20)16(26)13(21)9-10/h2-6,8-9,17,22,26H,1,7H2/t17-/m1/s1. The molecule has 0 bridgehead atoms. The summed E-state index contributed by atoms with van der Waals surface area (Å²) in [6.07, 6.45) is 1.25. The van der Waals surface area contributed by atoms with E-state index in [9.17, 15) is 5.11 Å². The normalized spacial score (nSPS) is 14.9. The van der Waals surface area contributed by atoms with E-state index < -0.39 is 6.23 Å². The van der Waals surface area contributed by atoms with Crippen LogP contribution in [0.1, 0.15) is 11.8 Å². The second-order valence-electron chi connectivity index (χ2n) is 5.87. The summed E-state index contributed by atoms with van der Waals surface area (Å²) in [5, 5.41) is 22.5. The summed E-state index contributed by atoms with van der Waals surface area (Å²) < 4.78 is 7.33. The molecular weight excluding hydrogens is 508 g/mol. The van der Waals surface area contributed by atoms with Gasteiger partial charge in [-0.25, -0.2) is 0 Å². The number of anilines is 1. The van der Waals surface area contributed by atoms with E-state index in [-0.39, 0.29) is 5.75 Å². The number of phenols is 1. The Labute approximate surface area is 182 Å². The highest BCUT2D eigenvalue weighted by Gasteiger charge is 2.26. The topological polar surface area (TPSA) is 80.2 Å². The van der Waals surface area contributed by atoms with Gasteiger partial charge in [-0.05, 0) is 50.1 Å². The van der Waals surface area contributed by atoms with Crippen molar-refractivity contribution in [3.8, 4) is 22.9 Å². The number of rotatable bonds is 4. The molecule has 9 heteroatoms. The minimum Gasteiger partial charge on any atom is -0.506 e. The van der Waals surface area contributed by atoms with Gasteiger partial charge in [-0.3, -0.25) is 0 Å². The van der Waals surface area contributed by atoms with E-state index in [1.807, 2.05) is 24.3 Å². The van der Waals surface area contributed by atoms with Crippen LogP contribution in [0.25, 0.3) is 11.3 Å². The molecule has 0 radical (unpaired) electrons. The van der Waals surface area contributed by atoms with Crippen LogP contribution in [0.3, 0.4) is 0 Å². The van der Waals surface area contributed by atoms with Crippen LogP contribution in [0, 0.1) is 0 Å². The third-order valence-corrected chi connectivity index (χ3v) is 6.05. The van der Waals surface area contributed by atoms with Crippen molar-refractivity contribution in [2.75, 3.05) is 11.1 Å². The molecule has 0 unspecified atom stereocenters. The van der Waals surface area contributed by atoms with Crippen LogP contribution in [0.4, 0.5) is 5.69 Å². The number of benzene rings is 2. The number of halogens is 2. The lowest BCUT2D eigenvalue weighted by atomic mass is 10.1. The van der Waals surface area contributed by atoms with Gasteiger partial charge >= 0.3 is 0 Å². The molecule has 0 fully saturated rings. The second-order valence-corrected chi connectivity index (χ2v) is 8.56. The van der Waals surface area contributed by atoms with Gasteiger partial charge in [0.15, 0.2) is 11.9 Å². The summed E-state index contributed by atoms with van der Waals surface area (Å²) in [5.74, 6) is 1.20. The highest BCUT2D eigenvalue weighted by atomic mass is 79.9. The van der Waals surface area contributed by atoms with Crippen molar-refractivity contribution in [2.24, 2.45) is 0 Å². The van der Waals surface area contributed by atoms with Gasteiger partial charge in [0.25, 0.3) is 0 Å². The van der Waals surface area contributed by atoms with Crippen molar-refractivity contribution < 1.29 is 9.84 Å². The minimum atomic E-state index is -0.537. The molecule has 0 saturated carbocycles. The first kappa shape index (κ1) is 19.2. The maximum Gasteiger partial charge on any atom is 0.247 e. The van der Waals surface area contributed by atoms with Crippen LogP contribution >= 0.6 is 43.6 Å². The fourth-order valence-electron chi connectivity index (χ4n) is 2.73. The average Bonchev–Trinajstić information content (AvgIpc) is 2.86. The summed E-state index contributed by atoms with van der Waals surface area (Å²) in [6, 6.07) is 11.4. The molecule has 1 aromatic heterocycles. The number of nitrogens with one attached hydrogen (secondary N) is 1. The summed E-state index contributed by atoms with van der Waals surface area (Å²) >= 11 is 8.18. The largest absolute Gasteiger partial charge is 0.506 e. The molecule has 0 spiro atoms. The molecular formula is C19H14Br2N4O2S. The molecule has 28 heavy (non-hydrogen) atoms. The van der Waals surface area contributed by atoms with Crippen molar-refractivity contribution in [3.63, 3.8) is 0 Å². The zero-order valence-electron chi connectivity index (χ0n) is 14.4. The second kappa shape index (κ2) is 8.10. The smallest absolute Gasteiger partial charge is 0.247 e. The third kappa shape index (κ3) is 3.74. The van der Waals surface area contributed by atoms with Gasteiger partial charge in [-0.1, -0.05) is 36.0 Å². The number of hydrogen-bond acceptors (Lipinski definition) is 7. The molecule has 2 aromatic carbocycles. The van der Waals surface area contributed by atoms with Gasteiger partial charge in [0.05, 0.1) is 8.95 Å². The SMILES string of the molecule is C=CCSc1nnc2c(n1)O[C@H](c1cc(Br)c(O)c(Br)c1)Nc1ccccc1-2. The summed E-state index contributed by atoms with van der Waals surface area (Å²) in [5.41, 5.74) is 3.09. The number of fused-ring (bicyclic) bond motifs is 3. The lowest BCUT2D eigenvalue weighted by Gasteiger charge is -2.20. The highest BCUT2D eigenvalue weighted by molar-refractivity contribution is 9.11. The van der Waals surface area contributed by atoms with Gasteiger partial charge < -0.3 is 15.2 Å². The van der Waals surface area contributed by atoms with Crippen LogP contribution in [-0.4, -0.2) is 26.0 Å². The van der Waals surface area contributed by atoms with E-state index >= 15 is 0 Å². The molecule has 0 saturated heterocycles. The van der Waals surface area contributed by atoms with E-state index in [2.05, 4.69) is 58.9 Å². The van der Waals surface area contributed by atoms with E-state index in [4.69, 9.17) is 4.74 Å². The average molecular weight is 522 g/mol. The van der Waals surface area contributed by atoms with Crippen LogP contribution in [0.15, 0.2) is 63.2 Å². The molecule has 1 aliphatic rings. The lowest BCUT2D eigenvalue weighted by Crippen LogP contribution is -2.17. The quantitative estimate of drug-likeness (QED) is 0.344. The number of nitrogens with zero attached hydrogens (tertiary/aromatic N) is 3. The van der Waals surface area contributed by atoms with Gasteiger partial charge in [0.1, 0.15) is 5.75 Å². The summed E-state index contributed by atoms with van der Waals surface area (Å²) in [6.45, 7) is 3.72. The molecule has 6 nitrogen and oxygen atoms in total. The summed E-state index contributed by atoms with van der Waals surface area (Å²) in [4.78, 5) is 4.55. The predicted molar refractivity (Wildman–Crippen MR) is 117 cm³/mol. The monoisotopic (exact) mass is 520 g/mol.